The molecule has 2 unspecified atom stereocenters. The molecule has 1 aromatic rings. The molecule has 0 aliphatic heterocycles. The lowest BCUT2D eigenvalue weighted by molar-refractivity contribution is 0.281. The van der Waals surface area contributed by atoms with Gasteiger partial charge in [-0.3, -0.25) is 0 Å². The fraction of sp³-hybridized carbons (Fsp3) is 0.706. The molecule has 3 heteroatoms. The van der Waals surface area contributed by atoms with Crippen molar-refractivity contribution in [3.8, 4) is 0 Å². The number of hydrogen-bond donors (Lipinski definition) is 1. The largest absolute Gasteiger partial charge is 0.392 e. The summed E-state index contributed by atoms with van der Waals surface area (Å²) in [7, 11) is 2.16. The standard InChI is InChI=1S/C17H28N2O/c1-4-7-15-10-14(12-20)11-17(18-15)19(3)16-9-6-5-8-13(16)2/h10-11,13,16,20H,4-9,12H2,1-3H3. The SMILES string of the molecule is CCCc1cc(CO)cc(N(C)C2CCCCC2C)n1. The summed E-state index contributed by atoms with van der Waals surface area (Å²) in [4.78, 5) is 7.13. The van der Waals surface area contributed by atoms with E-state index in [4.69, 9.17) is 4.98 Å². The van der Waals surface area contributed by atoms with Gasteiger partial charge in [0.2, 0.25) is 0 Å². The maximum atomic E-state index is 9.45. The topological polar surface area (TPSA) is 36.4 Å². The van der Waals surface area contributed by atoms with E-state index in [0.717, 1.165) is 35.8 Å². The number of nitrogens with zero attached hydrogens (tertiary/aromatic N) is 2. The van der Waals surface area contributed by atoms with Crippen LogP contribution >= 0.6 is 0 Å². The molecule has 2 atom stereocenters. The van der Waals surface area contributed by atoms with Crippen molar-refractivity contribution < 1.29 is 5.11 Å². The average Bonchev–Trinajstić information content (AvgIpc) is 2.47. The van der Waals surface area contributed by atoms with E-state index >= 15 is 0 Å². The molecular weight excluding hydrogens is 248 g/mol. The normalized spacial score (nSPS) is 22.8. The molecule has 0 aromatic carbocycles. The number of pyridine rings is 1. The van der Waals surface area contributed by atoms with Crippen molar-refractivity contribution in [2.24, 2.45) is 5.92 Å². The van der Waals surface area contributed by atoms with Gasteiger partial charge < -0.3 is 10.0 Å². The molecule has 1 saturated carbocycles. The summed E-state index contributed by atoms with van der Waals surface area (Å²) in [6, 6.07) is 4.66. The average molecular weight is 276 g/mol. The van der Waals surface area contributed by atoms with E-state index in [9.17, 15) is 5.11 Å². The van der Waals surface area contributed by atoms with Gasteiger partial charge in [-0.15, -0.1) is 0 Å². The second-order valence-corrected chi connectivity index (χ2v) is 6.17. The van der Waals surface area contributed by atoms with Gasteiger partial charge in [0.05, 0.1) is 6.61 Å². The lowest BCUT2D eigenvalue weighted by atomic mass is 9.85. The predicted molar refractivity (Wildman–Crippen MR) is 84.0 cm³/mol. The van der Waals surface area contributed by atoms with Gasteiger partial charge in [-0.25, -0.2) is 4.98 Å². The molecule has 1 heterocycles. The Morgan fingerprint density at radius 3 is 2.70 bits per heavy atom. The molecular formula is C17H28N2O. The fourth-order valence-electron chi connectivity index (χ4n) is 3.33. The fourth-order valence-corrected chi connectivity index (χ4v) is 3.33. The van der Waals surface area contributed by atoms with Gasteiger partial charge in [-0.2, -0.15) is 0 Å². The Balaban J connectivity index is 2.23. The summed E-state index contributed by atoms with van der Waals surface area (Å²) in [5.41, 5.74) is 2.08. The summed E-state index contributed by atoms with van der Waals surface area (Å²) in [5, 5.41) is 9.45. The van der Waals surface area contributed by atoms with Crippen LogP contribution in [0.1, 0.15) is 57.2 Å². The molecule has 0 spiro atoms. The molecule has 1 aromatic heterocycles. The van der Waals surface area contributed by atoms with E-state index in [-0.39, 0.29) is 6.61 Å². The van der Waals surface area contributed by atoms with Crippen LogP contribution in [-0.2, 0) is 13.0 Å². The first-order valence-electron chi connectivity index (χ1n) is 7.99. The molecule has 0 saturated heterocycles. The Bertz CT molecular complexity index is 433. The zero-order valence-corrected chi connectivity index (χ0v) is 13.1. The maximum absolute atomic E-state index is 9.45. The summed E-state index contributed by atoms with van der Waals surface area (Å²) in [6.45, 7) is 4.61. The molecule has 2 rings (SSSR count). The maximum Gasteiger partial charge on any atom is 0.129 e. The van der Waals surface area contributed by atoms with Crippen LogP contribution in [0.15, 0.2) is 12.1 Å². The number of aliphatic hydroxyl groups excluding tert-OH is 1. The van der Waals surface area contributed by atoms with Gasteiger partial charge >= 0.3 is 0 Å². The van der Waals surface area contributed by atoms with E-state index in [1.807, 2.05) is 12.1 Å². The van der Waals surface area contributed by atoms with E-state index in [1.165, 1.54) is 25.7 Å². The highest BCUT2D eigenvalue weighted by Gasteiger charge is 2.26. The molecule has 3 nitrogen and oxygen atoms in total. The van der Waals surface area contributed by atoms with Gasteiger partial charge in [0.15, 0.2) is 0 Å². The second kappa shape index (κ2) is 7.07. The lowest BCUT2D eigenvalue weighted by Crippen LogP contribution is -2.39. The predicted octanol–water partition coefficient (Wildman–Crippen LogP) is 3.54. The van der Waals surface area contributed by atoms with Crippen LogP contribution in [-0.4, -0.2) is 23.2 Å². The van der Waals surface area contributed by atoms with Crippen LogP contribution in [0, 0.1) is 5.92 Å². The first kappa shape index (κ1) is 15.3. The van der Waals surface area contributed by atoms with Gasteiger partial charge in [0, 0.05) is 18.8 Å². The Hall–Kier alpha value is -1.09. The van der Waals surface area contributed by atoms with Crippen LogP contribution in [0.25, 0.3) is 0 Å². The van der Waals surface area contributed by atoms with Crippen LogP contribution in [0.3, 0.4) is 0 Å². The third-order valence-corrected chi connectivity index (χ3v) is 4.54. The van der Waals surface area contributed by atoms with E-state index in [2.05, 4.69) is 25.8 Å². The van der Waals surface area contributed by atoms with Crippen molar-refractivity contribution in [3.05, 3.63) is 23.4 Å². The number of rotatable bonds is 5. The summed E-state index contributed by atoms with van der Waals surface area (Å²) >= 11 is 0. The highest BCUT2D eigenvalue weighted by molar-refractivity contribution is 5.43. The number of anilines is 1. The lowest BCUT2D eigenvalue weighted by Gasteiger charge is -2.37. The van der Waals surface area contributed by atoms with E-state index < -0.39 is 0 Å². The monoisotopic (exact) mass is 276 g/mol. The van der Waals surface area contributed by atoms with Gasteiger partial charge in [-0.1, -0.05) is 33.1 Å². The molecule has 0 bridgehead atoms. The Morgan fingerprint density at radius 2 is 2.05 bits per heavy atom. The van der Waals surface area contributed by atoms with Gasteiger partial charge in [0.25, 0.3) is 0 Å². The van der Waals surface area contributed by atoms with E-state index in [0.29, 0.717) is 6.04 Å². The van der Waals surface area contributed by atoms with Crippen molar-refractivity contribution in [1.82, 2.24) is 4.98 Å². The summed E-state index contributed by atoms with van der Waals surface area (Å²) in [6.07, 6.45) is 7.32. The zero-order chi connectivity index (χ0) is 14.5. The van der Waals surface area contributed by atoms with Crippen LogP contribution < -0.4 is 4.90 Å². The highest BCUT2D eigenvalue weighted by Crippen LogP contribution is 2.30. The molecule has 20 heavy (non-hydrogen) atoms. The Labute approximate surface area is 123 Å². The molecule has 1 aliphatic carbocycles. The molecule has 0 amide bonds. The number of aliphatic hydroxyl groups is 1. The number of aryl methyl sites for hydroxylation is 1. The molecule has 112 valence electrons. The first-order chi connectivity index (χ1) is 9.65. The minimum atomic E-state index is 0.0975. The Morgan fingerprint density at radius 1 is 1.30 bits per heavy atom. The van der Waals surface area contributed by atoms with Gasteiger partial charge in [-0.05, 0) is 42.9 Å². The van der Waals surface area contributed by atoms with Crippen molar-refractivity contribution in [1.29, 1.82) is 0 Å². The van der Waals surface area contributed by atoms with Crippen LogP contribution in [0.4, 0.5) is 5.82 Å². The third-order valence-electron chi connectivity index (χ3n) is 4.54. The first-order valence-corrected chi connectivity index (χ1v) is 7.99. The zero-order valence-electron chi connectivity index (χ0n) is 13.1. The summed E-state index contributed by atoms with van der Waals surface area (Å²) in [5.74, 6) is 1.75. The van der Waals surface area contributed by atoms with Crippen LogP contribution in [0.2, 0.25) is 0 Å². The minimum Gasteiger partial charge on any atom is -0.392 e. The van der Waals surface area contributed by atoms with Gasteiger partial charge in [0.1, 0.15) is 5.82 Å². The molecule has 1 fully saturated rings. The molecule has 0 radical (unpaired) electrons. The number of aromatic nitrogens is 1. The van der Waals surface area contributed by atoms with Crippen LogP contribution in [0.5, 0.6) is 0 Å². The molecule has 1 aliphatic rings. The van der Waals surface area contributed by atoms with Crippen molar-refractivity contribution in [2.75, 3.05) is 11.9 Å². The van der Waals surface area contributed by atoms with E-state index in [1.54, 1.807) is 0 Å². The third kappa shape index (κ3) is 3.51. The number of hydrogen-bond acceptors (Lipinski definition) is 3. The quantitative estimate of drug-likeness (QED) is 0.893. The smallest absolute Gasteiger partial charge is 0.129 e. The van der Waals surface area contributed by atoms with Crippen molar-refractivity contribution in [3.63, 3.8) is 0 Å². The minimum absolute atomic E-state index is 0.0975. The second-order valence-electron chi connectivity index (χ2n) is 6.17. The van der Waals surface area contributed by atoms with Crippen molar-refractivity contribution >= 4 is 5.82 Å². The Kier molecular flexibility index (Phi) is 5.41. The summed E-state index contributed by atoms with van der Waals surface area (Å²) < 4.78 is 0. The molecule has 1 N–H and O–H groups in total. The highest BCUT2D eigenvalue weighted by atomic mass is 16.3. The van der Waals surface area contributed by atoms with Crippen molar-refractivity contribution in [2.45, 2.75) is 65.0 Å².